The van der Waals surface area contributed by atoms with Crippen molar-refractivity contribution in [1.82, 2.24) is 7.21 Å². The van der Waals surface area contributed by atoms with Gasteiger partial charge in [0, 0.05) is 0 Å². The molecule has 0 radical (unpaired) electrons. The molecular weight excluding hydrogens is 607 g/mol. The van der Waals surface area contributed by atoms with E-state index in [1.165, 1.54) is 45.3 Å². The van der Waals surface area contributed by atoms with Gasteiger partial charge in [0.2, 0.25) is 0 Å². The zero-order chi connectivity index (χ0) is 13.4. The summed E-state index contributed by atoms with van der Waals surface area (Å²) in [4.78, 5) is 0. The molecule has 0 aliphatic carbocycles. The molecule has 0 amide bonds. The normalized spacial score (nSPS) is 21.1. The van der Waals surface area contributed by atoms with Crippen LogP contribution in [-0.4, -0.2) is 58.4 Å². The van der Waals surface area contributed by atoms with E-state index in [1.807, 2.05) is 0 Å². The Morgan fingerprint density at radius 1 is 0.722 bits per heavy atom. The molecule has 2 aliphatic heterocycles. The van der Waals surface area contributed by atoms with Crippen LogP contribution in [-0.2, 0) is 0 Å². The summed E-state index contributed by atoms with van der Waals surface area (Å²) in [6, 6.07) is 0. The number of rotatable bonds is 2. The maximum absolute atomic E-state index is 3.67. The number of halogens is 4. The van der Waals surface area contributed by atoms with Crippen molar-refractivity contribution in [2.45, 2.75) is 25.7 Å². The molecule has 1 fully saturated rings. The predicted octanol–water partition coefficient (Wildman–Crippen LogP) is 4.27. The van der Waals surface area contributed by atoms with Crippen LogP contribution in [0.3, 0.4) is 0 Å². The summed E-state index contributed by atoms with van der Waals surface area (Å²) in [5.74, 6) is 0. The van der Waals surface area contributed by atoms with Crippen molar-refractivity contribution in [3.63, 3.8) is 0 Å². The van der Waals surface area contributed by atoms with Crippen LogP contribution in [0.25, 0.3) is 0 Å². The summed E-state index contributed by atoms with van der Waals surface area (Å²) in [6.07, 6.45) is 9.95. The summed E-state index contributed by atoms with van der Waals surface area (Å²) in [7, 11) is 0. The monoisotopic (exact) mass is 620 g/mol. The fourth-order valence-corrected chi connectivity index (χ4v) is 13.0. The third-order valence-electron chi connectivity index (χ3n) is 3.03. The van der Waals surface area contributed by atoms with E-state index in [2.05, 4.69) is 73.6 Å². The van der Waals surface area contributed by atoms with Crippen LogP contribution in [0.15, 0.2) is 12.2 Å². The van der Waals surface area contributed by atoms with E-state index in [1.54, 1.807) is 0 Å². The summed E-state index contributed by atoms with van der Waals surface area (Å²) in [6.45, 7) is 5.02. The van der Waals surface area contributed by atoms with Crippen LogP contribution < -0.4 is 0 Å². The molecule has 0 unspecified atom stereocenters. The molecule has 0 bridgehead atoms. The van der Waals surface area contributed by atoms with Gasteiger partial charge in [-0.15, -0.1) is 0 Å². The van der Waals surface area contributed by atoms with Gasteiger partial charge < -0.3 is 0 Å². The zero-order valence-electron chi connectivity index (χ0n) is 10.4. The maximum atomic E-state index is 3.67. The minimum atomic E-state index is -1.26. The molecule has 2 heterocycles. The van der Waals surface area contributed by atoms with Crippen LogP contribution in [0.1, 0.15) is 25.7 Å². The van der Waals surface area contributed by atoms with Crippen LogP contribution in [0, 0.1) is 0 Å². The van der Waals surface area contributed by atoms with Gasteiger partial charge in [0.05, 0.1) is 0 Å². The second-order valence-electron chi connectivity index (χ2n) is 4.41. The number of nitrogens with zero attached hydrogens (tertiary/aromatic N) is 2. The zero-order valence-corrected chi connectivity index (χ0v) is 21.6. The Bertz CT molecular complexity index is 248. The van der Waals surface area contributed by atoms with Crippen molar-refractivity contribution in [3.05, 3.63) is 12.2 Å². The summed E-state index contributed by atoms with van der Waals surface area (Å²) in [5.41, 5.74) is 0. The van der Waals surface area contributed by atoms with Crippen molar-refractivity contribution >= 4 is 79.2 Å². The van der Waals surface area contributed by atoms with Gasteiger partial charge in [0.25, 0.3) is 0 Å². The van der Waals surface area contributed by atoms with Gasteiger partial charge in [-0.25, -0.2) is 0 Å². The van der Waals surface area contributed by atoms with E-state index in [9.17, 15) is 0 Å². The van der Waals surface area contributed by atoms with Gasteiger partial charge in [-0.1, -0.05) is 0 Å². The molecule has 0 aromatic rings. The van der Waals surface area contributed by atoms with E-state index in [4.69, 9.17) is 0 Å². The third-order valence-corrected chi connectivity index (χ3v) is 19.5. The van der Waals surface area contributed by atoms with Crippen LogP contribution >= 0.6 is 54.2 Å². The molecular formula is C10H18Br4Ga2N2. The van der Waals surface area contributed by atoms with E-state index >= 15 is 0 Å². The van der Waals surface area contributed by atoms with E-state index in [0.29, 0.717) is 0 Å². The van der Waals surface area contributed by atoms with Crippen LogP contribution in [0.2, 0.25) is 0 Å². The van der Waals surface area contributed by atoms with Crippen molar-refractivity contribution in [2.24, 2.45) is 0 Å². The Hall–Kier alpha value is 2.85. The first-order chi connectivity index (χ1) is 8.61. The standard InChI is InChI=1S/C5H10N.C5H8N.4BrH.2Ga/c2*1-2-4-6-5-3-1;;;;;;/h1-5H2;1-2H,3-5H2;4*1H;;/q2*-1;;;;;2*+3/p-4. The van der Waals surface area contributed by atoms with Crippen molar-refractivity contribution in [3.8, 4) is 0 Å². The van der Waals surface area contributed by atoms with E-state index in [0.717, 1.165) is 6.54 Å². The van der Waals surface area contributed by atoms with Gasteiger partial charge in [0.1, 0.15) is 0 Å². The fourth-order valence-electron chi connectivity index (χ4n) is 1.95. The number of hydrogen-bond acceptors (Lipinski definition) is 2. The van der Waals surface area contributed by atoms with Crippen molar-refractivity contribution < 1.29 is 0 Å². The first-order valence-electron chi connectivity index (χ1n) is 6.30. The van der Waals surface area contributed by atoms with Crippen LogP contribution in [0.5, 0.6) is 0 Å². The average molecular weight is 625 g/mol. The Labute approximate surface area is 148 Å². The van der Waals surface area contributed by atoms with Gasteiger partial charge in [-0.3, -0.25) is 0 Å². The SMILES string of the molecule is [Br][Ga]([Br])[N]1CC=CCC1.[Br][Ga]([Br])[N]1CCCCC1. The first kappa shape index (κ1) is 18.9. The van der Waals surface area contributed by atoms with Gasteiger partial charge in [-0.2, -0.15) is 0 Å². The molecule has 102 valence electrons. The molecule has 8 heteroatoms. The topological polar surface area (TPSA) is 6.48 Å². The summed E-state index contributed by atoms with van der Waals surface area (Å²) >= 11 is 12.1. The molecule has 0 saturated carbocycles. The van der Waals surface area contributed by atoms with Gasteiger partial charge in [-0.05, 0) is 0 Å². The minimum absolute atomic E-state index is 1.14. The number of hydrogen-bond donors (Lipinski definition) is 0. The Morgan fingerprint density at radius 3 is 1.67 bits per heavy atom. The van der Waals surface area contributed by atoms with Crippen molar-refractivity contribution in [1.29, 1.82) is 0 Å². The molecule has 2 aliphatic rings. The molecule has 0 atom stereocenters. The first-order valence-corrected chi connectivity index (χ1v) is 31.2. The second kappa shape index (κ2) is 11.4. The summed E-state index contributed by atoms with van der Waals surface area (Å²) < 4.78 is 5.07. The number of piperidine rings is 1. The van der Waals surface area contributed by atoms with Gasteiger partial charge >= 0.3 is 150 Å². The molecule has 2 nitrogen and oxygen atoms in total. The molecule has 0 N–H and O–H groups in total. The molecule has 18 heavy (non-hydrogen) atoms. The Morgan fingerprint density at radius 2 is 1.33 bits per heavy atom. The van der Waals surface area contributed by atoms with Crippen LogP contribution in [0.4, 0.5) is 0 Å². The molecule has 0 spiro atoms. The Balaban J connectivity index is 0.000000180. The Kier molecular flexibility index (Phi) is 12.0. The molecule has 0 aromatic carbocycles. The van der Waals surface area contributed by atoms with E-state index in [-0.39, 0.29) is 0 Å². The average Bonchev–Trinajstić information content (AvgIpc) is 2.41. The second-order valence-corrected chi connectivity index (χ2v) is 40.6. The van der Waals surface area contributed by atoms with E-state index < -0.39 is 25.0 Å². The quantitative estimate of drug-likeness (QED) is 0.335. The molecule has 2 rings (SSSR count). The summed E-state index contributed by atoms with van der Waals surface area (Å²) in [5, 5.41) is 0. The van der Waals surface area contributed by atoms with Crippen molar-refractivity contribution in [2.75, 3.05) is 26.2 Å². The fraction of sp³-hybridized carbons (Fsp3) is 0.800. The molecule has 0 aromatic heterocycles. The van der Waals surface area contributed by atoms with Gasteiger partial charge in [0.15, 0.2) is 0 Å². The predicted molar refractivity (Wildman–Crippen MR) is 98.0 cm³/mol. The third kappa shape index (κ3) is 8.33. The molecule has 1 saturated heterocycles.